The van der Waals surface area contributed by atoms with Gasteiger partial charge in [0.15, 0.2) is 6.10 Å². The SMILES string of the molecule is CC/C=C/C/C=C/C/C=C/C/C=C/C/C=C/C/C=C/CCCCCC(=O)OCC(COCCC(C(=O)[O-])[N+](C)(C)C)OC(=O)CCCCCCCCCCCCC/C=C/C/C=C/C/C=C/CC. The van der Waals surface area contributed by atoms with Gasteiger partial charge in [0.1, 0.15) is 12.6 Å². The molecule has 0 amide bonds. The van der Waals surface area contributed by atoms with Crippen LogP contribution in [0.1, 0.15) is 194 Å². The van der Waals surface area contributed by atoms with Gasteiger partial charge in [0.05, 0.1) is 40.3 Å². The van der Waals surface area contributed by atoms with Crippen LogP contribution in [0.25, 0.3) is 0 Å². The molecule has 0 aromatic carbocycles. The summed E-state index contributed by atoms with van der Waals surface area (Å²) in [6, 6.07) is -0.739. The Kier molecular flexibility index (Phi) is 45.5. The molecule has 0 aliphatic rings. The molecule has 0 spiro atoms. The fourth-order valence-corrected chi connectivity index (χ4v) is 7.15. The summed E-state index contributed by atoms with van der Waals surface area (Å²) in [5, 5.41) is 11.7. The highest BCUT2D eigenvalue weighted by atomic mass is 16.6. The number of carboxylic acids is 1. The molecule has 0 rings (SSSR count). The van der Waals surface area contributed by atoms with Crippen molar-refractivity contribution in [3.63, 3.8) is 0 Å². The molecule has 0 aliphatic heterocycles. The van der Waals surface area contributed by atoms with E-state index in [1.54, 1.807) is 21.1 Å². The van der Waals surface area contributed by atoms with E-state index in [-0.39, 0.29) is 42.7 Å². The van der Waals surface area contributed by atoms with E-state index >= 15 is 0 Å². The molecule has 8 nitrogen and oxygen atoms in total. The number of hydrogen-bond donors (Lipinski definition) is 0. The Hall–Kier alpha value is -4.01. The summed E-state index contributed by atoms with van der Waals surface area (Å²) in [7, 11) is 5.40. The van der Waals surface area contributed by atoms with Crippen molar-refractivity contribution in [1.29, 1.82) is 0 Å². The maximum absolute atomic E-state index is 12.8. The van der Waals surface area contributed by atoms with Crippen molar-refractivity contribution >= 4 is 17.9 Å². The van der Waals surface area contributed by atoms with Gasteiger partial charge in [-0.2, -0.15) is 0 Å². The summed E-state index contributed by atoms with van der Waals surface area (Å²) < 4.78 is 17.2. The molecule has 0 aliphatic carbocycles. The number of carbonyl (C=O) groups excluding carboxylic acids is 3. The minimum atomic E-state index is -1.13. The summed E-state index contributed by atoms with van der Waals surface area (Å²) in [6.45, 7) is 4.40. The average molecular weight is 932 g/mol. The van der Waals surface area contributed by atoms with Crippen LogP contribution < -0.4 is 5.11 Å². The van der Waals surface area contributed by atoms with Gasteiger partial charge in [-0.05, 0) is 96.3 Å². The van der Waals surface area contributed by atoms with Crippen LogP contribution in [-0.4, -0.2) is 75.5 Å². The zero-order valence-corrected chi connectivity index (χ0v) is 43.3. The van der Waals surface area contributed by atoms with Crippen LogP contribution in [0.15, 0.2) is 109 Å². The maximum atomic E-state index is 12.8. The predicted octanol–water partition coefficient (Wildman–Crippen LogP) is 14.3. The Balaban J connectivity index is 4.32. The first-order valence-corrected chi connectivity index (χ1v) is 26.4. The van der Waals surface area contributed by atoms with Crippen molar-refractivity contribution < 1.29 is 38.2 Å². The monoisotopic (exact) mass is 932 g/mol. The quantitative estimate of drug-likeness (QED) is 0.0259. The van der Waals surface area contributed by atoms with Crippen molar-refractivity contribution in [2.24, 2.45) is 0 Å². The Bertz CT molecular complexity index is 1460. The molecule has 380 valence electrons. The molecule has 0 bridgehead atoms. The van der Waals surface area contributed by atoms with Gasteiger partial charge in [-0.3, -0.25) is 9.59 Å². The smallest absolute Gasteiger partial charge is 0.306 e. The van der Waals surface area contributed by atoms with Crippen molar-refractivity contribution in [3.8, 4) is 0 Å². The number of esters is 2. The zero-order chi connectivity index (χ0) is 49.2. The number of unbranched alkanes of at least 4 members (excludes halogenated alkanes) is 14. The Labute approximate surface area is 410 Å². The number of rotatable bonds is 46. The predicted molar refractivity (Wildman–Crippen MR) is 281 cm³/mol. The molecule has 8 heteroatoms. The third kappa shape index (κ3) is 46.9. The number of likely N-dealkylation sites (N-methyl/N-ethyl adjacent to an activating group) is 1. The van der Waals surface area contributed by atoms with Gasteiger partial charge in [-0.1, -0.05) is 187 Å². The average Bonchev–Trinajstić information content (AvgIpc) is 3.29. The van der Waals surface area contributed by atoms with Gasteiger partial charge < -0.3 is 28.6 Å². The van der Waals surface area contributed by atoms with Crippen LogP contribution in [0.3, 0.4) is 0 Å². The number of quaternary nitrogens is 1. The fourth-order valence-electron chi connectivity index (χ4n) is 7.15. The molecule has 0 heterocycles. The standard InChI is InChI=1S/C59H97NO7/c1-6-8-10-12-14-16-18-20-22-24-26-28-30-31-33-35-37-39-41-43-45-47-49-57(61)66-54-55(53-65-52-51-56(59(63)64)60(3,4)5)67-58(62)50-48-46-44-42-40-38-36-34-32-29-27-25-23-21-19-17-15-13-11-9-7-2/h8-11,14-17,20-23,26,28,31,33,37,39,55-56H,6-7,12-13,18-19,24-25,27,29-30,32,34-36,38,40-54H2,1-5H3/b10-8+,11-9+,16-14+,17-15+,22-20+,23-21+,28-26+,33-31+,39-37+. The minimum absolute atomic E-state index is 0.0222. The summed E-state index contributed by atoms with van der Waals surface area (Å²) in [5.41, 5.74) is 0. The van der Waals surface area contributed by atoms with E-state index in [1.165, 1.54) is 57.8 Å². The number of carbonyl (C=O) groups is 3. The zero-order valence-electron chi connectivity index (χ0n) is 43.3. The molecular formula is C59H97NO7. The molecule has 0 saturated carbocycles. The number of aliphatic carboxylic acids is 1. The first-order valence-electron chi connectivity index (χ1n) is 26.4. The highest BCUT2D eigenvalue weighted by molar-refractivity contribution is 5.70. The molecule has 2 unspecified atom stereocenters. The lowest BCUT2D eigenvalue weighted by Crippen LogP contribution is -2.55. The summed E-state index contributed by atoms with van der Waals surface area (Å²) in [5.74, 6) is -1.79. The second-order valence-corrected chi connectivity index (χ2v) is 18.3. The maximum Gasteiger partial charge on any atom is 0.306 e. The van der Waals surface area contributed by atoms with E-state index in [9.17, 15) is 19.5 Å². The molecular weight excluding hydrogens is 835 g/mol. The van der Waals surface area contributed by atoms with E-state index in [0.29, 0.717) is 12.8 Å². The van der Waals surface area contributed by atoms with Crippen molar-refractivity contribution in [3.05, 3.63) is 109 Å². The van der Waals surface area contributed by atoms with Crippen molar-refractivity contribution in [2.45, 2.75) is 206 Å². The highest BCUT2D eigenvalue weighted by Gasteiger charge is 2.25. The second-order valence-electron chi connectivity index (χ2n) is 18.3. The molecule has 0 fully saturated rings. The van der Waals surface area contributed by atoms with E-state index in [2.05, 4.69) is 123 Å². The van der Waals surface area contributed by atoms with E-state index < -0.39 is 18.1 Å². The van der Waals surface area contributed by atoms with Gasteiger partial charge in [0.25, 0.3) is 0 Å². The molecule has 67 heavy (non-hydrogen) atoms. The van der Waals surface area contributed by atoms with E-state index in [4.69, 9.17) is 14.2 Å². The first kappa shape index (κ1) is 63.0. The Morgan fingerprint density at radius 3 is 1.18 bits per heavy atom. The van der Waals surface area contributed by atoms with Crippen LogP contribution in [0.4, 0.5) is 0 Å². The summed E-state index contributed by atoms with van der Waals surface area (Å²) >= 11 is 0. The van der Waals surface area contributed by atoms with Gasteiger partial charge >= 0.3 is 11.9 Å². The Morgan fingerprint density at radius 2 is 0.791 bits per heavy atom. The van der Waals surface area contributed by atoms with Crippen LogP contribution in [-0.2, 0) is 28.6 Å². The van der Waals surface area contributed by atoms with Crippen LogP contribution >= 0.6 is 0 Å². The van der Waals surface area contributed by atoms with Gasteiger partial charge in [-0.15, -0.1) is 0 Å². The number of ether oxygens (including phenoxy) is 3. The fraction of sp³-hybridized carbons (Fsp3) is 0.644. The van der Waals surface area contributed by atoms with Gasteiger partial charge in [0, 0.05) is 19.3 Å². The second kappa shape index (κ2) is 48.4. The summed E-state index contributed by atoms with van der Waals surface area (Å²) in [6.07, 6.45) is 66.9. The first-order chi connectivity index (χ1) is 32.6. The van der Waals surface area contributed by atoms with Crippen molar-refractivity contribution in [1.82, 2.24) is 0 Å². The number of nitrogens with zero attached hydrogens (tertiary/aromatic N) is 1. The third-order valence-corrected chi connectivity index (χ3v) is 11.2. The lowest BCUT2D eigenvalue weighted by atomic mass is 10.0. The third-order valence-electron chi connectivity index (χ3n) is 11.2. The molecule has 0 N–H and O–H groups in total. The number of hydrogen-bond acceptors (Lipinski definition) is 7. The molecule has 2 atom stereocenters. The van der Waals surface area contributed by atoms with Gasteiger partial charge in [0.2, 0.25) is 0 Å². The number of allylic oxidation sites excluding steroid dienone is 18. The minimum Gasteiger partial charge on any atom is -0.544 e. The molecule has 0 aromatic heterocycles. The number of carboxylic acid groups (broad SMARTS) is 1. The van der Waals surface area contributed by atoms with E-state index in [0.717, 1.165) is 103 Å². The van der Waals surface area contributed by atoms with Crippen LogP contribution in [0.5, 0.6) is 0 Å². The Morgan fingerprint density at radius 1 is 0.448 bits per heavy atom. The van der Waals surface area contributed by atoms with Crippen LogP contribution in [0, 0.1) is 0 Å². The topological polar surface area (TPSA) is 102 Å². The van der Waals surface area contributed by atoms with E-state index in [1.807, 2.05) is 0 Å². The van der Waals surface area contributed by atoms with Crippen molar-refractivity contribution in [2.75, 3.05) is 41.0 Å². The largest absolute Gasteiger partial charge is 0.544 e. The van der Waals surface area contributed by atoms with Gasteiger partial charge in [-0.25, -0.2) is 0 Å². The molecule has 0 aromatic rings. The highest BCUT2D eigenvalue weighted by Crippen LogP contribution is 2.14. The lowest BCUT2D eigenvalue weighted by Gasteiger charge is -2.34. The lowest BCUT2D eigenvalue weighted by molar-refractivity contribution is -0.889. The summed E-state index contributed by atoms with van der Waals surface area (Å²) in [4.78, 5) is 37.1. The molecule has 0 saturated heterocycles. The molecule has 0 radical (unpaired) electrons. The van der Waals surface area contributed by atoms with Crippen LogP contribution in [0.2, 0.25) is 0 Å². The normalized spacial score (nSPS) is 13.7.